The standard InChI is InChI=1S/C24H29N5O2/c1-27-14-18(13-25-27)15-28-10-7-23(8-11-28)16-24(17-31-23)22-4-3-9-29(22)21-6-5-19(30-2)12-20(21)26-24/h3-6,9,12-14,26H,7-8,10-11,15-17H2,1-2H3. The van der Waals surface area contributed by atoms with Crippen LogP contribution < -0.4 is 10.1 Å². The number of piperidine rings is 1. The number of methoxy groups -OCH3 is 1. The lowest BCUT2D eigenvalue weighted by Crippen LogP contribution is -2.46. The highest BCUT2D eigenvalue weighted by molar-refractivity contribution is 5.69. The van der Waals surface area contributed by atoms with Crippen molar-refractivity contribution < 1.29 is 9.47 Å². The molecule has 7 heteroatoms. The maximum Gasteiger partial charge on any atom is 0.121 e. The topological polar surface area (TPSA) is 56.5 Å². The van der Waals surface area contributed by atoms with Crippen LogP contribution in [0.2, 0.25) is 0 Å². The van der Waals surface area contributed by atoms with Crippen LogP contribution in [0.25, 0.3) is 5.69 Å². The van der Waals surface area contributed by atoms with Gasteiger partial charge in [0.15, 0.2) is 0 Å². The number of likely N-dealkylation sites (tertiary alicyclic amines) is 1. The molecule has 162 valence electrons. The minimum Gasteiger partial charge on any atom is -0.497 e. The van der Waals surface area contributed by atoms with Gasteiger partial charge in [-0.15, -0.1) is 0 Å². The second-order valence-corrected chi connectivity index (χ2v) is 9.30. The van der Waals surface area contributed by atoms with Gasteiger partial charge in [-0.3, -0.25) is 9.58 Å². The number of hydrogen-bond acceptors (Lipinski definition) is 5. The van der Waals surface area contributed by atoms with Gasteiger partial charge in [0.2, 0.25) is 0 Å². The highest BCUT2D eigenvalue weighted by Crippen LogP contribution is 2.50. The highest BCUT2D eigenvalue weighted by Gasteiger charge is 2.53. The number of aryl methyl sites for hydroxylation is 1. The predicted octanol–water partition coefficient (Wildman–Crippen LogP) is 3.30. The summed E-state index contributed by atoms with van der Waals surface area (Å²) in [6, 6.07) is 10.6. The van der Waals surface area contributed by atoms with E-state index in [2.05, 4.69) is 56.5 Å². The Kier molecular flexibility index (Phi) is 4.20. The van der Waals surface area contributed by atoms with E-state index >= 15 is 0 Å². The summed E-state index contributed by atoms with van der Waals surface area (Å²) in [5.74, 6) is 0.870. The molecular formula is C24H29N5O2. The number of benzene rings is 1. The Hall–Kier alpha value is -2.77. The summed E-state index contributed by atoms with van der Waals surface area (Å²) >= 11 is 0. The molecule has 3 aliphatic rings. The first-order valence-corrected chi connectivity index (χ1v) is 11.1. The van der Waals surface area contributed by atoms with Gasteiger partial charge in [-0.2, -0.15) is 5.10 Å². The number of ether oxygens (including phenoxy) is 2. The Morgan fingerprint density at radius 1 is 1.23 bits per heavy atom. The van der Waals surface area contributed by atoms with Crippen LogP contribution in [0.3, 0.4) is 0 Å². The molecule has 0 amide bonds. The molecule has 2 spiro atoms. The van der Waals surface area contributed by atoms with E-state index < -0.39 is 0 Å². The van der Waals surface area contributed by atoms with Crippen molar-refractivity contribution in [3.05, 3.63) is 60.2 Å². The van der Waals surface area contributed by atoms with E-state index in [-0.39, 0.29) is 11.1 Å². The van der Waals surface area contributed by atoms with Gasteiger partial charge < -0.3 is 19.4 Å². The molecular weight excluding hydrogens is 390 g/mol. The fraction of sp³-hybridized carbons (Fsp3) is 0.458. The van der Waals surface area contributed by atoms with E-state index in [0.717, 1.165) is 50.3 Å². The van der Waals surface area contributed by atoms with Crippen molar-refractivity contribution in [2.24, 2.45) is 7.05 Å². The molecule has 5 heterocycles. The molecule has 0 aliphatic carbocycles. The second-order valence-electron chi connectivity index (χ2n) is 9.30. The van der Waals surface area contributed by atoms with Gasteiger partial charge in [0.25, 0.3) is 0 Å². The molecule has 3 aliphatic heterocycles. The normalized spacial score (nSPS) is 24.2. The van der Waals surface area contributed by atoms with Gasteiger partial charge in [0.1, 0.15) is 11.3 Å². The number of fused-ring (bicyclic) bond motifs is 4. The van der Waals surface area contributed by atoms with Crippen LogP contribution in [0, 0.1) is 0 Å². The second kappa shape index (κ2) is 6.87. The van der Waals surface area contributed by atoms with Crippen molar-refractivity contribution in [2.75, 3.05) is 32.1 Å². The molecule has 0 bridgehead atoms. The molecule has 0 radical (unpaired) electrons. The molecule has 1 atom stereocenters. The smallest absolute Gasteiger partial charge is 0.121 e. The van der Waals surface area contributed by atoms with Crippen molar-refractivity contribution in [3.8, 4) is 11.4 Å². The molecule has 1 unspecified atom stereocenters. The lowest BCUT2D eigenvalue weighted by molar-refractivity contribution is -0.0451. The third-order valence-corrected chi connectivity index (χ3v) is 7.26. The zero-order valence-corrected chi connectivity index (χ0v) is 18.2. The van der Waals surface area contributed by atoms with Crippen molar-refractivity contribution in [2.45, 2.75) is 36.9 Å². The molecule has 1 N–H and O–H groups in total. The summed E-state index contributed by atoms with van der Waals surface area (Å²) in [6.45, 7) is 3.76. The summed E-state index contributed by atoms with van der Waals surface area (Å²) in [5, 5.41) is 8.17. The molecule has 1 aromatic carbocycles. The fourth-order valence-electron chi connectivity index (χ4n) is 5.68. The fourth-order valence-corrected chi connectivity index (χ4v) is 5.68. The zero-order chi connectivity index (χ0) is 21.1. The first-order valence-electron chi connectivity index (χ1n) is 11.1. The van der Waals surface area contributed by atoms with Gasteiger partial charge in [-0.1, -0.05) is 0 Å². The first kappa shape index (κ1) is 19.0. The van der Waals surface area contributed by atoms with Crippen LogP contribution in [0.4, 0.5) is 5.69 Å². The zero-order valence-electron chi connectivity index (χ0n) is 18.2. The molecule has 31 heavy (non-hydrogen) atoms. The lowest BCUT2D eigenvalue weighted by atomic mass is 9.79. The van der Waals surface area contributed by atoms with Gasteiger partial charge in [-0.25, -0.2) is 0 Å². The largest absolute Gasteiger partial charge is 0.497 e. The molecule has 2 saturated heterocycles. The molecule has 6 rings (SSSR count). The summed E-state index contributed by atoms with van der Waals surface area (Å²) in [7, 11) is 3.69. The van der Waals surface area contributed by atoms with Crippen LogP contribution in [0.5, 0.6) is 5.75 Å². The Bertz CT molecular complexity index is 1110. The summed E-state index contributed by atoms with van der Waals surface area (Å²) in [6.07, 6.45) is 9.34. The monoisotopic (exact) mass is 419 g/mol. The average molecular weight is 420 g/mol. The van der Waals surface area contributed by atoms with Gasteiger partial charge in [0, 0.05) is 57.1 Å². The van der Waals surface area contributed by atoms with Crippen molar-refractivity contribution >= 4 is 5.69 Å². The van der Waals surface area contributed by atoms with Crippen LogP contribution in [-0.2, 0) is 23.9 Å². The van der Waals surface area contributed by atoms with E-state index in [0.29, 0.717) is 6.61 Å². The van der Waals surface area contributed by atoms with E-state index in [1.165, 1.54) is 16.9 Å². The quantitative estimate of drug-likeness (QED) is 0.706. The van der Waals surface area contributed by atoms with Crippen molar-refractivity contribution in [1.82, 2.24) is 19.2 Å². The Labute approximate surface area is 182 Å². The number of anilines is 1. The van der Waals surface area contributed by atoms with Gasteiger partial charge in [0.05, 0.1) is 42.6 Å². The van der Waals surface area contributed by atoms with Crippen LogP contribution in [0.15, 0.2) is 48.9 Å². The van der Waals surface area contributed by atoms with Gasteiger partial charge in [-0.05, 0) is 37.1 Å². The Balaban J connectivity index is 1.23. The van der Waals surface area contributed by atoms with Crippen LogP contribution in [-0.4, -0.2) is 51.7 Å². The SMILES string of the molecule is COc1ccc2c(c1)NC1(COC3(CCN(Cc4cnn(C)c4)CC3)C1)c1cccn1-2. The summed E-state index contributed by atoms with van der Waals surface area (Å²) < 4.78 is 16.3. The number of hydrogen-bond donors (Lipinski definition) is 1. The minimum absolute atomic E-state index is 0.0656. The third-order valence-electron chi connectivity index (χ3n) is 7.26. The highest BCUT2D eigenvalue weighted by atomic mass is 16.5. The van der Waals surface area contributed by atoms with Crippen molar-refractivity contribution in [1.29, 1.82) is 0 Å². The number of nitrogens with zero attached hydrogens (tertiary/aromatic N) is 4. The maximum atomic E-state index is 6.63. The lowest BCUT2D eigenvalue weighted by Gasteiger charge is -2.41. The third kappa shape index (κ3) is 3.06. The maximum absolute atomic E-state index is 6.63. The number of rotatable bonds is 3. The molecule has 7 nitrogen and oxygen atoms in total. The molecule has 2 aromatic heterocycles. The van der Waals surface area contributed by atoms with Gasteiger partial charge >= 0.3 is 0 Å². The average Bonchev–Trinajstić information content (AvgIpc) is 3.50. The van der Waals surface area contributed by atoms with Crippen LogP contribution in [0.1, 0.15) is 30.5 Å². The Morgan fingerprint density at radius 2 is 2.10 bits per heavy atom. The summed E-state index contributed by atoms with van der Waals surface area (Å²) in [5.41, 5.74) is 4.58. The van der Waals surface area contributed by atoms with Crippen molar-refractivity contribution in [3.63, 3.8) is 0 Å². The predicted molar refractivity (Wildman–Crippen MR) is 119 cm³/mol. The van der Waals surface area contributed by atoms with E-state index in [9.17, 15) is 0 Å². The number of aromatic nitrogens is 3. The Morgan fingerprint density at radius 3 is 2.87 bits per heavy atom. The number of nitrogens with one attached hydrogen (secondary N) is 1. The van der Waals surface area contributed by atoms with E-state index in [4.69, 9.17) is 9.47 Å². The first-order chi connectivity index (χ1) is 15.1. The van der Waals surface area contributed by atoms with Crippen LogP contribution >= 0.6 is 0 Å². The molecule has 0 saturated carbocycles. The van der Waals surface area contributed by atoms with E-state index in [1.807, 2.05) is 24.0 Å². The molecule has 3 aromatic rings. The van der Waals surface area contributed by atoms with E-state index in [1.54, 1.807) is 7.11 Å². The summed E-state index contributed by atoms with van der Waals surface area (Å²) in [4.78, 5) is 2.52. The minimum atomic E-state index is -0.200. The molecule has 2 fully saturated rings.